The minimum atomic E-state index is -0.0260. The Morgan fingerprint density at radius 3 is 2.38 bits per heavy atom. The van der Waals surface area contributed by atoms with E-state index in [1.54, 1.807) is 4.57 Å². The normalized spacial score (nSPS) is 17.1. The zero-order valence-electron chi connectivity index (χ0n) is 18.6. The van der Waals surface area contributed by atoms with Crippen LogP contribution in [0.5, 0.6) is 0 Å². The number of anilines is 1. The predicted molar refractivity (Wildman–Crippen MR) is 119 cm³/mol. The van der Waals surface area contributed by atoms with Gasteiger partial charge in [-0.3, -0.25) is 14.0 Å². The van der Waals surface area contributed by atoms with E-state index in [1.165, 1.54) is 5.56 Å². The fraction of sp³-hybridized carbons (Fsp3) is 0.522. The fourth-order valence-electron chi connectivity index (χ4n) is 5.04. The maximum absolute atomic E-state index is 13.5. The molecule has 1 unspecified atom stereocenters. The van der Waals surface area contributed by atoms with Gasteiger partial charge in [0, 0.05) is 32.2 Å². The van der Waals surface area contributed by atoms with E-state index in [1.807, 2.05) is 18.8 Å². The molecule has 2 aromatic heterocycles. The van der Waals surface area contributed by atoms with Gasteiger partial charge in [-0.2, -0.15) is 10.1 Å². The summed E-state index contributed by atoms with van der Waals surface area (Å²) in [6.45, 7) is 11.7. The molecule has 1 fully saturated rings. The summed E-state index contributed by atoms with van der Waals surface area (Å²) < 4.78 is 3.53. The van der Waals surface area contributed by atoms with Crippen LogP contribution in [0.2, 0.25) is 0 Å². The molecule has 0 spiro atoms. The predicted octanol–water partition coefficient (Wildman–Crippen LogP) is 3.88. The molecule has 1 atom stereocenters. The molecule has 0 bridgehead atoms. The van der Waals surface area contributed by atoms with Gasteiger partial charge in [0.15, 0.2) is 5.65 Å². The van der Waals surface area contributed by atoms with Crippen molar-refractivity contribution in [2.24, 2.45) is 20.0 Å². The highest BCUT2D eigenvalue weighted by Gasteiger charge is 2.31. The summed E-state index contributed by atoms with van der Waals surface area (Å²) in [6, 6.07) is 4.73. The molecule has 0 N–H and O–H groups in total. The van der Waals surface area contributed by atoms with Crippen molar-refractivity contribution in [2.75, 3.05) is 11.4 Å². The van der Waals surface area contributed by atoms with Gasteiger partial charge in [-0.05, 0) is 50.7 Å². The van der Waals surface area contributed by atoms with Gasteiger partial charge in [-0.15, -0.1) is 0 Å². The van der Waals surface area contributed by atoms with Gasteiger partial charge in [0.1, 0.15) is 5.39 Å². The highest BCUT2D eigenvalue weighted by Crippen LogP contribution is 2.33. The molecular weight excluding hydrogens is 362 g/mol. The second-order valence-corrected chi connectivity index (χ2v) is 8.87. The minimum Gasteiger partial charge on any atom is -0.339 e. The van der Waals surface area contributed by atoms with Crippen LogP contribution in [-0.4, -0.2) is 31.9 Å². The Kier molecular flexibility index (Phi) is 4.75. The average molecular weight is 394 g/mol. The largest absolute Gasteiger partial charge is 0.339 e. The number of hydrogen-bond donors (Lipinski definition) is 0. The van der Waals surface area contributed by atoms with E-state index in [-0.39, 0.29) is 5.56 Å². The molecule has 3 heterocycles. The minimum absolute atomic E-state index is 0.0260. The van der Waals surface area contributed by atoms with Crippen molar-refractivity contribution in [1.29, 1.82) is 0 Å². The van der Waals surface area contributed by atoms with E-state index in [2.05, 4.69) is 56.8 Å². The lowest BCUT2D eigenvalue weighted by Gasteiger charge is -2.29. The number of aryl methyl sites for hydroxylation is 4. The topological polar surface area (TPSA) is 56.0 Å². The molecule has 1 aromatic carbocycles. The van der Waals surface area contributed by atoms with Crippen molar-refractivity contribution in [1.82, 2.24) is 19.3 Å². The van der Waals surface area contributed by atoms with E-state index in [0.29, 0.717) is 23.0 Å². The molecule has 0 aliphatic carbocycles. The first kappa shape index (κ1) is 19.7. The van der Waals surface area contributed by atoms with Crippen LogP contribution in [0, 0.1) is 26.7 Å². The molecular formula is C23H31N5O. The lowest BCUT2D eigenvalue weighted by molar-refractivity contribution is 0.482. The lowest BCUT2D eigenvalue weighted by Crippen LogP contribution is -2.38. The van der Waals surface area contributed by atoms with Gasteiger partial charge >= 0.3 is 0 Å². The molecule has 1 aliphatic rings. The van der Waals surface area contributed by atoms with Crippen LogP contribution < -0.4 is 10.5 Å². The molecule has 154 valence electrons. The van der Waals surface area contributed by atoms with Crippen LogP contribution >= 0.6 is 0 Å². The molecule has 0 radical (unpaired) electrons. The molecule has 1 saturated heterocycles. The molecule has 4 rings (SSSR count). The molecule has 0 saturated carbocycles. The van der Waals surface area contributed by atoms with Crippen LogP contribution in [0.1, 0.15) is 43.4 Å². The Morgan fingerprint density at radius 1 is 1.10 bits per heavy atom. The maximum atomic E-state index is 13.5. The molecule has 29 heavy (non-hydrogen) atoms. The van der Waals surface area contributed by atoms with Crippen molar-refractivity contribution in [3.8, 4) is 11.3 Å². The van der Waals surface area contributed by atoms with Gasteiger partial charge in [0.2, 0.25) is 5.95 Å². The van der Waals surface area contributed by atoms with E-state index in [0.717, 1.165) is 47.7 Å². The second-order valence-electron chi connectivity index (χ2n) is 8.87. The molecule has 1 aliphatic heterocycles. The number of nitrogens with zero attached hydrogens (tertiary/aromatic N) is 5. The first-order valence-electron chi connectivity index (χ1n) is 10.5. The summed E-state index contributed by atoms with van der Waals surface area (Å²) in [5, 5.41) is 5.27. The van der Waals surface area contributed by atoms with E-state index >= 15 is 0 Å². The summed E-state index contributed by atoms with van der Waals surface area (Å²) in [7, 11) is 3.74. The highest BCUT2D eigenvalue weighted by atomic mass is 16.1. The van der Waals surface area contributed by atoms with Crippen LogP contribution in [0.15, 0.2) is 16.9 Å². The van der Waals surface area contributed by atoms with Crippen LogP contribution in [0.4, 0.5) is 5.95 Å². The molecule has 6 heteroatoms. The monoisotopic (exact) mass is 393 g/mol. The summed E-state index contributed by atoms with van der Waals surface area (Å²) in [6.07, 6.45) is 2.27. The average Bonchev–Trinajstić information content (AvgIpc) is 3.23. The van der Waals surface area contributed by atoms with Crippen LogP contribution in [-0.2, 0) is 14.1 Å². The number of fused-ring (bicyclic) bond motifs is 1. The third-order valence-electron chi connectivity index (χ3n) is 6.29. The first-order chi connectivity index (χ1) is 13.7. The number of benzene rings is 1. The lowest BCUT2D eigenvalue weighted by atomic mass is 9.96. The Hall–Kier alpha value is -2.63. The highest BCUT2D eigenvalue weighted by molar-refractivity contribution is 5.93. The first-order valence-corrected chi connectivity index (χ1v) is 10.5. The van der Waals surface area contributed by atoms with Crippen molar-refractivity contribution in [3.05, 3.63) is 39.2 Å². The second kappa shape index (κ2) is 7.01. The summed E-state index contributed by atoms with van der Waals surface area (Å²) in [5.74, 6) is 1.25. The van der Waals surface area contributed by atoms with Crippen molar-refractivity contribution < 1.29 is 0 Å². The molecule has 6 nitrogen and oxygen atoms in total. The van der Waals surface area contributed by atoms with Crippen molar-refractivity contribution in [3.63, 3.8) is 0 Å². The summed E-state index contributed by atoms with van der Waals surface area (Å²) in [5.41, 5.74) is 5.97. The van der Waals surface area contributed by atoms with E-state index in [4.69, 9.17) is 4.98 Å². The van der Waals surface area contributed by atoms with Crippen molar-refractivity contribution >= 4 is 17.0 Å². The Morgan fingerprint density at radius 2 is 1.76 bits per heavy atom. The number of hydrogen-bond acceptors (Lipinski definition) is 4. The number of rotatable bonds is 3. The third kappa shape index (κ3) is 3.05. The van der Waals surface area contributed by atoms with Crippen LogP contribution in [0.25, 0.3) is 22.3 Å². The smallest absolute Gasteiger partial charge is 0.266 e. The van der Waals surface area contributed by atoms with Gasteiger partial charge < -0.3 is 4.90 Å². The van der Waals surface area contributed by atoms with Crippen LogP contribution in [0.3, 0.4) is 0 Å². The quantitative estimate of drug-likeness (QED) is 0.678. The number of aromatic nitrogens is 4. The molecule has 0 amide bonds. The fourth-order valence-corrected chi connectivity index (χ4v) is 5.04. The van der Waals surface area contributed by atoms with Gasteiger partial charge in [0.25, 0.3) is 5.56 Å². The Bertz CT molecular complexity index is 1130. The summed E-state index contributed by atoms with van der Waals surface area (Å²) >= 11 is 0. The third-order valence-corrected chi connectivity index (χ3v) is 6.29. The van der Waals surface area contributed by atoms with E-state index < -0.39 is 0 Å². The van der Waals surface area contributed by atoms with Gasteiger partial charge in [-0.1, -0.05) is 31.5 Å². The maximum Gasteiger partial charge on any atom is 0.266 e. The van der Waals surface area contributed by atoms with Crippen molar-refractivity contribution in [2.45, 2.75) is 53.5 Å². The van der Waals surface area contributed by atoms with Gasteiger partial charge in [0.05, 0.1) is 5.69 Å². The Labute approximate surface area is 172 Å². The van der Waals surface area contributed by atoms with Gasteiger partial charge in [-0.25, -0.2) is 0 Å². The standard InChI is InChI=1S/C23H31N5O/c1-13(2)17-9-8-10-28(17)23-24-21-19(22(29)26(23)6)20(27(7)25-21)18-15(4)11-14(3)12-16(18)5/h11-13,17H,8-10H2,1-7H3. The summed E-state index contributed by atoms with van der Waals surface area (Å²) in [4.78, 5) is 20.7. The molecule has 3 aromatic rings. The Balaban J connectivity index is 1.97. The zero-order chi connectivity index (χ0) is 21.0. The van der Waals surface area contributed by atoms with E-state index in [9.17, 15) is 4.79 Å². The zero-order valence-corrected chi connectivity index (χ0v) is 18.6. The SMILES string of the molecule is Cc1cc(C)c(-c2c3c(=O)n(C)c(N4CCCC4C(C)C)nc3nn2C)c(C)c1.